The molecule has 1 aliphatic heterocycles. The van der Waals surface area contributed by atoms with Crippen molar-refractivity contribution in [2.24, 2.45) is 0 Å². The van der Waals surface area contributed by atoms with E-state index in [2.05, 4.69) is 9.88 Å². The molecule has 5 heteroatoms. The fraction of sp³-hybridized carbons (Fsp3) is 0.500. The Morgan fingerprint density at radius 1 is 1.29 bits per heavy atom. The third-order valence-electron chi connectivity index (χ3n) is 4.09. The summed E-state index contributed by atoms with van der Waals surface area (Å²) >= 11 is 0. The van der Waals surface area contributed by atoms with Crippen LogP contribution in [-0.4, -0.2) is 38.6 Å². The Morgan fingerprint density at radius 3 is 2.76 bits per heavy atom. The van der Waals surface area contributed by atoms with Gasteiger partial charge in [0, 0.05) is 0 Å². The second kappa shape index (κ2) is 5.85. The highest BCUT2D eigenvalue weighted by molar-refractivity contribution is 5.79. The average Bonchev–Trinajstić information content (AvgIpc) is 2.76. The lowest BCUT2D eigenvalue weighted by Gasteiger charge is -2.26. The van der Waals surface area contributed by atoms with E-state index in [0.29, 0.717) is 0 Å². The van der Waals surface area contributed by atoms with E-state index >= 15 is 0 Å². The van der Waals surface area contributed by atoms with Crippen LogP contribution in [0.3, 0.4) is 0 Å². The maximum absolute atomic E-state index is 11.2. The van der Waals surface area contributed by atoms with Gasteiger partial charge in [0.25, 0.3) is 0 Å². The Morgan fingerprint density at radius 2 is 2.05 bits per heavy atom. The first-order valence-corrected chi connectivity index (χ1v) is 7.53. The molecule has 1 fully saturated rings. The van der Waals surface area contributed by atoms with Gasteiger partial charge in [-0.15, -0.1) is 0 Å². The molecule has 1 aromatic heterocycles. The van der Waals surface area contributed by atoms with Gasteiger partial charge < -0.3 is 9.67 Å². The number of hydrogen-bond acceptors (Lipinski definition) is 3. The number of aryl methyl sites for hydroxylation is 1. The molecule has 0 atom stereocenters. The maximum Gasteiger partial charge on any atom is 0.323 e. The van der Waals surface area contributed by atoms with E-state index in [1.165, 1.54) is 19.3 Å². The second-order valence-electron chi connectivity index (χ2n) is 5.84. The molecule has 1 aliphatic rings. The van der Waals surface area contributed by atoms with E-state index < -0.39 is 5.97 Å². The van der Waals surface area contributed by atoms with E-state index in [9.17, 15) is 4.79 Å². The van der Waals surface area contributed by atoms with Gasteiger partial charge in [0.05, 0.1) is 17.6 Å². The molecule has 0 saturated carbocycles. The van der Waals surface area contributed by atoms with Crippen molar-refractivity contribution < 1.29 is 9.90 Å². The molecule has 3 rings (SSSR count). The van der Waals surface area contributed by atoms with Gasteiger partial charge in [-0.1, -0.05) is 12.5 Å². The Labute approximate surface area is 124 Å². The van der Waals surface area contributed by atoms with Gasteiger partial charge >= 0.3 is 5.97 Å². The number of aromatic nitrogens is 2. The van der Waals surface area contributed by atoms with Gasteiger partial charge in [-0.3, -0.25) is 9.69 Å². The molecule has 0 unspecified atom stereocenters. The van der Waals surface area contributed by atoms with Crippen LogP contribution >= 0.6 is 0 Å². The summed E-state index contributed by atoms with van der Waals surface area (Å²) in [5.41, 5.74) is 2.95. The number of nitrogens with zero attached hydrogens (tertiary/aromatic N) is 3. The van der Waals surface area contributed by atoms with E-state index in [1.54, 1.807) is 0 Å². The van der Waals surface area contributed by atoms with Crippen LogP contribution < -0.4 is 0 Å². The lowest BCUT2D eigenvalue weighted by atomic mass is 10.1. The zero-order chi connectivity index (χ0) is 14.8. The predicted molar refractivity (Wildman–Crippen MR) is 81.2 cm³/mol. The number of aliphatic carboxylic acids is 1. The first kappa shape index (κ1) is 14.1. The van der Waals surface area contributed by atoms with Crippen molar-refractivity contribution in [3.05, 3.63) is 29.6 Å². The summed E-state index contributed by atoms with van der Waals surface area (Å²) in [4.78, 5) is 18.2. The third kappa shape index (κ3) is 3.08. The smallest absolute Gasteiger partial charge is 0.323 e. The zero-order valence-electron chi connectivity index (χ0n) is 12.4. The zero-order valence-corrected chi connectivity index (χ0v) is 12.4. The van der Waals surface area contributed by atoms with Crippen molar-refractivity contribution >= 4 is 17.0 Å². The molecule has 0 bridgehead atoms. The highest BCUT2D eigenvalue weighted by atomic mass is 16.4. The van der Waals surface area contributed by atoms with Crippen molar-refractivity contribution in [1.82, 2.24) is 14.5 Å². The molecule has 0 amide bonds. The van der Waals surface area contributed by atoms with Gasteiger partial charge in [0.2, 0.25) is 0 Å². The SMILES string of the molecule is Cc1ccc2c(c1)nc(CN1CCCCC1)n2CC(=O)O. The van der Waals surface area contributed by atoms with Crippen LogP contribution in [0.15, 0.2) is 18.2 Å². The minimum atomic E-state index is -0.824. The van der Waals surface area contributed by atoms with Crippen molar-refractivity contribution in [3.63, 3.8) is 0 Å². The molecular weight excluding hydrogens is 266 g/mol. The maximum atomic E-state index is 11.2. The molecular formula is C16H21N3O2. The Hall–Kier alpha value is -1.88. The summed E-state index contributed by atoms with van der Waals surface area (Å²) in [6, 6.07) is 6.00. The summed E-state index contributed by atoms with van der Waals surface area (Å²) in [6.45, 7) is 4.90. The molecule has 1 saturated heterocycles. The number of carboxylic acids is 1. The van der Waals surface area contributed by atoms with Gasteiger partial charge in [-0.05, 0) is 50.6 Å². The third-order valence-corrected chi connectivity index (χ3v) is 4.09. The van der Waals surface area contributed by atoms with E-state index in [1.807, 2.05) is 29.7 Å². The van der Waals surface area contributed by atoms with Crippen molar-refractivity contribution in [1.29, 1.82) is 0 Å². The molecule has 0 spiro atoms. The summed E-state index contributed by atoms with van der Waals surface area (Å²) in [5.74, 6) is 0.0367. The van der Waals surface area contributed by atoms with Gasteiger partial charge in [0.15, 0.2) is 0 Å². The number of rotatable bonds is 4. The largest absolute Gasteiger partial charge is 0.480 e. The fourth-order valence-electron chi connectivity index (χ4n) is 3.04. The molecule has 21 heavy (non-hydrogen) atoms. The lowest BCUT2D eigenvalue weighted by Crippen LogP contribution is -2.30. The average molecular weight is 287 g/mol. The van der Waals surface area contributed by atoms with Crippen LogP contribution in [0.1, 0.15) is 30.7 Å². The molecule has 2 heterocycles. The number of carboxylic acid groups (broad SMARTS) is 1. The number of hydrogen-bond donors (Lipinski definition) is 1. The molecule has 1 aromatic carbocycles. The molecule has 1 N–H and O–H groups in total. The molecule has 2 aromatic rings. The van der Waals surface area contributed by atoms with E-state index in [4.69, 9.17) is 5.11 Å². The standard InChI is InChI=1S/C16H21N3O2/c1-12-5-6-14-13(9-12)17-15(19(14)11-16(20)21)10-18-7-3-2-4-8-18/h5-6,9H,2-4,7-8,10-11H2,1H3,(H,20,21). The molecule has 0 radical (unpaired) electrons. The summed E-state index contributed by atoms with van der Waals surface area (Å²) in [7, 11) is 0. The molecule has 112 valence electrons. The molecule has 0 aliphatic carbocycles. The highest BCUT2D eigenvalue weighted by Crippen LogP contribution is 2.20. The Bertz CT molecular complexity index is 657. The number of imidazole rings is 1. The van der Waals surface area contributed by atoms with E-state index in [-0.39, 0.29) is 6.54 Å². The van der Waals surface area contributed by atoms with Crippen molar-refractivity contribution in [2.45, 2.75) is 39.3 Å². The topological polar surface area (TPSA) is 58.4 Å². The van der Waals surface area contributed by atoms with Crippen LogP contribution in [0.25, 0.3) is 11.0 Å². The van der Waals surface area contributed by atoms with Gasteiger partial charge in [0.1, 0.15) is 12.4 Å². The predicted octanol–water partition coefficient (Wildman–Crippen LogP) is 2.42. The first-order chi connectivity index (χ1) is 10.1. The number of piperidine rings is 1. The van der Waals surface area contributed by atoms with Crippen LogP contribution in [-0.2, 0) is 17.9 Å². The van der Waals surface area contributed by atoms with E-state index in [0.717, 1.165) is 42.1 Å². The number of likely N-dealkylation sites (tertiary alicyclic amines) is 1. The van der Waals surface area contributed by atoms with Gasteiger partial charge in [-0.2, -0.15) is 0 Å². The van der Waals surface area contributed by atoms with Crippen LogP contribution in [0, 0.1) is 6.92 Å². The fourth-order valence-corrected chi connectivity index (χ4v) is 3.04. The number of benzene rings is 1. The monoisotopic (exact) mass is 287 g/mol. The summed E-state index contributed by atoms with van der Waals surface area (Å²) in [6.07, 6.45) is 3.73. The minimum absolute atomic E-state index is 0.0251. The Kier molecular flexibility index (Phi) is 3.92. The van der Waals surface area contributed by atoms with Crippen LogP contribution in [0.2, 0.25) is 0 Å². The quantitative estimate of drug-likeness (QED) is 0.938. The van der Waals surface area contributed by atoms with Gasteiger partial charge in [-0.25, -0.2) is 4.98 Å². The second-order valence-corrected chi connectivity index (χ2v) is 5.84. The first-order valence-electron chi connectivity index (χ1n) is 7.53. The van der Waals surface area contributed by atoms with Crippen LogP contribution in [0.5, 0.6) is 0 Å². The molecule has 5 nitrogen and oxygen atoms in total. The summed E-state index contributed by atoms with van der Waals surface area (Å²) < 4.78 is 1.84. The number of fused-ring (bicyclic) bond motifs is 1. The number of carbonyl (C=O) groups is 1. The minimum Gasteiger partial charge on any atom is -0.480 e. The summed E-state index contributed by atoms with van der Waals surface area (Å²) in [5, 5.41) is 9.17. The highest BCUT2D eigenvalue weighted by Gasteiger charge is 2.17. The Balaban J connectivity index is 1.96. The normalized spacial score (nSPS) is 16.4. The van der Waals surface area contributed by atoms with Crippen molar-refractivity contribution in [2.75, 3.05) is 13.1 Å². The lowest BCUT2D eigenvalue weighted by molar-refractivity contribution is -0.137. The van der Waals surface area contributed by atoms with Crippen LogP contribution in [0.4, 0.5) is 0 Å². The van der Waals surface area contributed by atoms with Crippen molar-refractivity contribution in [3.8, 4) is 0 Å².